The number of methoxy groups -OCH3 is 1. The minimum Gasteiger partial charge on any atom is -0.497 e. The van der Waals surface area contributed by atoms with Gasteiger partial charge < -0.3 is 10.1 Å². The van der Waals surface area contributed by atoms with Crippen LogP contribution in [0.25, 0.3) is 0 Å². The average Bonchev–Trinajstić information content (AvgIpc) is 2.82. The first kappa shape index (κ1) is 13.4. The molecule has 2 rings (SSSR count). The van der Waals surface area contributed by atoms with Crippen molar-refractivity contribution in [2.24, 2.45) is 5.92 Å². The van der Waals surface area contributed by atoms with Gasteiger partial charge in [-0.25, -0.2) is 0 Å². The molecule has 3 heteroatoms. The van der Waals surface area contributed by atoms with E-state index in [1.54, 1.807) is 7.11 Å². The summed E-state index contributed by atoms with van der Waals surface area (Å²) < 4.78 is 5.34. The van der Waals surface area contributed by atoms with Crippen LogP contribution in [0, 0.1) is 5.92 Å². The quantitative estimate of drug-likeness (QED) is 0.865. The lowest BCUT2D eigenvalue weighted by atomic mass is 9.93. The van der Waals surface area contributed by atoms with Gasteiger partial charge >= 0.3 is 0 Å². The molecule has 0 saturated carbocycles. The molecule has 0 radical (unpaired) electrons. The van der Waals surface area contributed by atoms with Gasteiger partial charge in [-0.2, -0.15) is 0 Å². The number of likely N-dealkylation sites (tertiary alicyclic amines) is 1. The zero-order valence-corrected chi connectivity index (χ0v) is 11.6. The number of nitrogens with one attached hydrogen (secondary N) is 1. The first-order valence-corrected chi connectivity index (χ1v) is 6.82. The fourth-order valence-electron chi connectivity index (χ4n) is 3.07. The zero-order chi connectivity index (χ0) is 13.0. The second-order valence-electron chi connectivity index (χ2n) is 4.96. The molecule has 2 atom stereocenters. The highest BCUT2D eigenvalue weighted by atomic mass is 16.5. The largest absolute Gasteiger partial charge is 0.497 e. The normalized spacial score (nSPS) is 24.4. The van der Waals surface area contributed by atoms with Crippen molar-refractivity contribution < 1.29 is 4.74 Å². The second kappa shape index (κ2) is 6.21. The van der Waals surface area contributed by atoms with Gasteiger partial charge in [-0.3, -0.25) is 4.90 Å². The maximum absolute atomic E-state index is 5.34. The van der Waals surface area contributed by atoms with E-state index in [1.807, 2.05) is 13.1 Å². The van der Waals surface area contributed by atoms with Crippen LogP contribution in [-0.2, 0) is 0 Å². The van der Waals surface area contributed by atoms with E-state index in [4.69, 9.17) is 4.74 Å². The van der Waals surface area contributed by atoms with Crippen molar-refractivity contribution >= 4 is 0 Å². The van der Waals surface area contributed by atoms with Gasteiger partial charge in [-0.05, 0) is 56.7 Å². The molecule has 3 nitrogen and oxygen atoms in total. The van der Waals surface area contributed by atoms with E-state index in [2.05, 4.69) is 35.3 Å². The van der Waals surface area contributed by atoms with E-state index >= 15 is 0 Å². The minimum absolute atomic E-state index is 0.526. The summed E-state index contributed by atoms with van der Waals surface area (Å²) in [6.45, 7) is 5.64. The highest BCUT2D eigenvalue weighted by Gasteiger charge is 2.33. The number of benzene rings is 1. The van der Waals surface area contributed by atoms with Gasteiger partial charge in [0.05, 0.1) is 7.11 Å². The fraction of sp³-hybridized carbons (Fsp3) is 0.600. The molecule has 0 aliphatic carbocycles. The van der Waals surface area contributed by atoms with Crippen LogP contribution in [-0.4, -0.2) is 38.7 Å². The second-order valence-corrected chi connectivity index (χ2v) is 4.96. The predicted octanol–water partition coefficient (Wildman–Crippen LogP) is 2.30. The van der Waals surface area contributed by atoms with Gasteiger partial charge in [0.25, 0.3) is 0 Å². The average molecular weight is 248 g/mol. The lowest BCUT2D eigenvalue weighted by Crippen LogP contribution is -2.29. The molecule has 1 aliphatic heterocycles. The summed E-state index contributed by atoms with van der Waals surface area (Å²) in [5.41, 5.74) is 1.38. The fourth-order valence-corrected chi connectivity index (χ4v) is 3.07. The maximum atomic E-state index is 5.34. The summed E-state index contributed by atoms with van der Waals surface area (Å²) >= 11 is 0. The van der Waals surface area contributed by atoms with Crippen LogP contribution in [0.1, 0.15) is 24.9 Å². The number of hydrogen-bond acceptors (Lipinski definition) is 3. The van der Waals surface area contributed by atoms with Gasteiger partial charge in [-0.15, -0.1) is 0 Å². The van der Waals surface area contributed by atoms with E-state index in [0.717, 1.165) is 18.8 Å². The summed E-state index contributed by atoms with van der Waals surface area (Å²) in [6, 6.07) is 9.04. The molecular formula is C15H24N2O. The summed E-state index contributed by atoms with van der Waals surface area (Å²) in [5.74, 6) is 1.65. The first-order valence-electron chi connectivity index (χ1n) is 6.82. The van der Waals surface area contributed by atoms with Gasteiger partial charge in [-0.1, -0.05) is 19.1 Å². The van der Waals surface area contributed by atoms with Crippen LogP contribution in [0.4, 0.5) is 0 Å². The van der Waals surface area contributed by atoms with E-state index in [0.29, 0.717) is 12.0 Å². The first-order chi connectivity index (χ1) is 8.80. The Bertz CT molecular complexity index is 381. The number of hydrogen-bond donors (Lipinski definition) is 1. The molecule has 1 fully saturated rings. The van der Waals surface area contributed by atoms with Crippen LogP contribution >= 0.6 is 0 Å². The monoisotopic (exact) mass is 248 g/mol. The van der Waals surface area contributed by atoms with Crippen LogP contribution < -0.4 is 10.1 Å². The zero-order valence-electron chi connectivity index (χ0n) is 11.6. The summed E-state index contributed by atoms with van der Waals surface area (Å²) in [6.07, 6.45) is 1.27. The highest BCUT2D eigenvalue weighted by Crippen LogP contribution is 2.37. The molecule has 100 valence electrons. The van der Waals surface area contributed by atoms with Gasteiger partial charge in [0.15, 0.2) is 0 Å². The van der Waals surface area contributed by atoms with E-state index < -0.39 is 0 Å². The lowest BCUT2D eigenvalue weighted by Gasteiger charge is -2.28. The Hall–Kier alpha value is -1.06. The van der Waals surface area contributed by atoms with Crippen molar-refractivity contribution in [3.63, 3.8) is 0 Å². The molecule has 2 unspecified atom stereocenters. The molecule has 1 aliphatic rings. The van der Waals surface area contributed by atoms with Gasteiger partial charge in [0.1, 0.15) is 5.75 Å². The van der Waals surface area contributed by atoms with Crippen molar-refractivity contribution in [1.29, 1.82) is 0 Å². The smallest absolute Gasteiger partial charge is 0.119 e. The van der Waals surface area contributed by atoms with Crippen molar-refractivity contribution in [2.75, 3.05) is 33.8 Å². The topological polar surface area (TPSA) is 24.5 Å². The lowest BCUT2D eigenvalue weighted by molar-refractivity contribution is 0.237. The summed E-state index contributed by atoms with van der Waals surface area (Å²) in [7, 11) is 3.77. The Morgan fingerprint density at radius 1 is 1.44 bits per heavy atom. The SMILES string of the molecule is CCN1CCC(CNC)C1c1cccc(OC)c1. The van der Waals surface area contributed by atoms with Crippen LogP contribution in [0.5, 0.6) is 5.75 Å². The van der Waals surface area contributed by atoms with Gasteiger partial charge in [0.2, 0.25) is 0 Å². The molecule has 1 N–H and O–H groups in total. The van der Waals surface area contributed by atoms with Crippen LogP contribution in [0.15, 0.2) is 24.3 Å². The van der Waals surface area contributed by atoms with Crippen LogP contribution in [0.3, 0.4) is 0 Å². The van der Waals surface area contributed by atoms with Crippen molar-refractivity contribution in [1.82, 2.24) is 10.2 Å². The van der Waals surface area contributed by atoms with Crippen molar-refractivity contribution in [3.8, 4) is 5.75 Å². The third-order valence-corrected chi connectivity index (χ3v) is 3.93. The third kappa shape index (κ3) is 2.68. The Labute approximate surface area is 110 Å². The number of ether oxygens (including phenoxy) is 1. The molecule has 1 aromatic carbocycles. The molecule has 0 aromatic heterocycles. The number of nitrogens with zero attached hydrogens (tertiary/aromatic N) is 1. The summed E-state index contributed by atoms with van der Waals surface area (Å²) in [5, 5.41) is 3.32. The molecule has 0 amide bonds. The van der Waals surface area contributed by atoms with Crippen molar-refractivity contribution in [2.45, 2.75) is 19.4 Å². The molecule has 18 heavy (non-hydrogen) atoms. The van der Waals surface area contributed by atoms with E-state index in [1.165, 1.54) is 18.5 Å². The predicted molar refractivity (Wildman–Crippen MR) is 75.0 cm³/mol. The van der Waals surface area contributed by atoms with Gasteiger partial charge in [0, 0.05) is 6.04 Å². The minimum atomic E-state index is 0.526. The highest BCUT2D eigenvalue weighted by molar-refractivity contribution is 5.31. The van der Waals surface area contributed by atoms with E-state index in [9.17, 15) is 0 Å². The Kier molecular flexibility index (Phi) is 4.61. The Balaban J connectivity index is 2.25. The summed E-state index contributed by atoms with van der Waals surface area (Å²) in [4.78, 5) is 2.57. The third-order valence-electron chi connectivity index (χ3n) is 3.93. The molecular weight excluding hydrogens is 224 g/mol. The molecule has 1 saturated heterocycles. The Morgan fingerprint density at radius 2 is 2.28 bits per heavy atom. The molecule has 1 heterocycles. The molecule has 1 aromatic rings. The van der Waals surface area contributed by atoms with Crippen molar-refractivity contribution in [3.05, 3.63) is 29.8 Å². The standard InChI is InChI=1S/C15H24N2O/c1-4-17-9-8-13(11-16-2)15(17)12-6-5-7-14(10-12)18-3/h5-7,10,13,15-16H,4,8-9,11H2,1-3H3. The molecule has 0 bridgehead atoms. The number of rotatable bonds is 5. The van der Waals surface area contributed by atoms with Crippen LogP contribution in [0.2, 0.25) is 0 Å². The molecule has 0 spiro atoms. The Morgan fingerprint density at radius 3 is 2.94 bits per heavy atom. The maximum Gasteiger partial charge on any atom is 0.119 e. The van der Waals surface area contributed by atoms with E-state index in [-0.39, 0.29) is 0 Å².